The van der Waals surface area contributed by atoms with Crippen molar-refractivity contribution in [3.63, 3.8) is 0 Å². The lowest BCUT2D eigenvalue weighted by Gasteiger charge is -2.36. The Labute approximate surface area is 147 Å². The summed E-state index contributed by atoms with van der Waals surface area (Å²) in [6, 6.07) is 20.4. The standard InChI is InChI=1S/C21H21N3O/c1-16(24-13-7-12-22-24)21(25)23-14-18-10-5-6-11-19(18)20(15-23)17-8-3-2-4-9-17/h2-13,16,20H,14-15H2,1H3. The Morgan fingerprint density at radius 2 is 1.84 bits per heavy atom. The first-order valence-electron chi connectivity index (χ1n) is 8.64. The molecular weight excluding hydrogens is 310 g/mol. The molecule has 0 fully saturated rings. The maximum Gasteiger partial charge on any atom is 0.247 e. The molecule has 0 spiro atoms. The summed E-state index contributed by atoms with van der Waals surface area (Å²) in [5, 5.41) is 4.22. The first-order valence-corrected chi connectivity index (χ1v) is 8.64. The van der Waals surface area contributed by atoms with E-state index >= 15 is 0 Å². The van der Waals surface area contributed by atoms with Crippen molar-refractivity contribution in [2.75, 3.05) is 6.54 Å². The van der Waals surface area contributed by atoms with Crippen LogP contribution in [0.1, 0.15) is 35.6 Å². The number of carbonyl (C=O) groups excluding carboxylic acids is 1. The van der Waals surface area contributed by atoms with Gasteiger partial charge in [0.1, 0.15) is 6.04 Å². The first-order chi connectivity index (χ1) is 12.2. The summed E-state index contributed by atoms with van der Waals surface area (Å²) in [5.41, 5.74) is 3.80. The van der Waals surface area contributed by atoms with Crippen LogP contribution in [0.25, 0.3) is 0 Å². The zero-order valence-corrected chi connectivity index (χ0v) is 14.2. The van der Waals surface area contributed by atoms with Crippen LogP contribution in [0.2, 0.25) is 0 Å². The maximum absolute atomic E-state index is 13.0. The van der Waals surface area contributed by atoms with Gasteiger partial charge in [-0.25, -0.2) is 0 Å². The third-order valence-corrected chi connectivity index (χ3v) is 4.99. The quantitative estimate of drug-likeness (QED) is 0.735. The SMILES string of the molecule is CC(C(=O)N1Cc2ccccc2C(c2ccccc2)C1)n1cccn1. The molecule has 126 valence electrons. The van der Waals surface area contributed by atoms with Crippen LogP contribution in [0.3, 0.4) is 0 Å². The van der Waals surface area contributed by atoms with E-state index < -0.39 is 0 Å². The number of hydrogen-bond acceptors (Lipinski definition) is 2. The third kappa shape index (κ3) is 2.95. The minimum atomic E-state index is -0.295. The van der Waals surface area contributed by atoms with Crippen LogP contribution in [0.5, 0.6) is 0 Å². The molecule has 0 saturated carbocycles. The van der Waals surface area contributed by atoms with Crippen molar-refractivity contribution in [2.45, 2.75) is 25.4 Å². The number of aromatic nitrogens is 2. The summed E-state index contributed by atoms with van der Waals surface area (Å²) in [6.07, 6.45) is 3.55. The van der Waals surface area contributed by atoms with Crippen molar-refractivity contribution in [1.82, 2.24) is 14.7 Å². The summed E-state index contributed by atoms with van der Waals surface area (Å²) in [5.74, 6) is 0.319. The average molecular weight is 331 g/mol. The van der Waals surface area contributed by atoms with E-state index in [2.05, 4.69) is 47.6 Å². The van der Waals surface area contributed by atoms with E-state index in [1.165, 1.54) is 16.7 Å². The van der Waals surface area contributed by atoms with Crippen LogP contribution in [-0.2, 0) is 11.3 Å². The summed E-state index contributed by atoms with van der Waals surface area (Å²) in [7, 11) is 0. The molecule has 2 unspecified atom stereocenters. The second kappa shape index (κ2) is 6.55. The highest BCUT2D eigenvalue weighted by Gasteiger charge is 2.31. The molecule has 4 rings (SSSR count). The number of amides is 1. The largest absolute Gasteiger partial charge is 0.336 e. The van der Waals surface area contributed by atoms with Crippen LogP contribution in [0.15, 0.2) is 73.1 Å². The topological polar surface area (TPSA) is 38.1 Å². The van der Waals surface area contributed by atoms with Gasteiger partial charge in [-0.05, 0) is 29.7 Å². The second-order valence-electron chi connectivity index (χ2n) is 6.54. The third-order valence-electron chi connectivity index (χ3n) is 4.99. The van der Waals surface area contributed by atoms with Gasteiger partial charge in [-0.2, -0.15) is 5.10 Å². The van der Waals surface area contributed by atoms with Crippen LogP contribution in [0.4, 0.5) is 0 Å². The van der Waals surface area contributed by atoms with Crippen molar-refractivity contribution in [3.8, 4) is 0 Å². The lowest BCUT2D eigenvalue weighted by atomic mass is 9.84. The van der Waals surface area contributed by atoms with Gasteiger partial charge in [0, 0.05) is 31.4 Å². The molecule has 0 N–H and O–H groups in total. The van der Waals surface area contributed by atoms with Crippen molar-refractivity contribution < 1.29 is 4.79 Å². The monoisotopic (exact) mass is 331 g/mol. The molecule has 1 aliphatic heterocycles. The average Bonchev–Trinajstić information content (AvgIpc) is 3.21. The highest BCUT2D eigenvalue weighted by molar-refractivity contribution is 5.80. The van der Waals surface area contributed by atoms with Crippen LogP contribution in [0, 0.1) is 0 Å². The molecule has 0 aliphatic carbocycles. The lowest BCUT2D eigenvalue weighted by Crippen LogP contribution is -2.41. The molecular formula is C21H21N3O. The molecule has 25 heavy (non-hydrogen) atoms. The minimum Gasteiger partial charge on any atom is -0.336 e. The highest BCUT2D eigenvalue weighted by Crippen LogP contribution is 2.34. The van der Waals surface area contributed by atoms with Gasteiger partial charge in [0.25, 0.3) is 0 Å². The summed E-state index contributed by atoms with van der Waals surface area (Å²) < 4.78 is 1.72. The Morgan fingerprint density at radius 3 is 2.60 bits per heavy atom. The number of carbonyl (C=O) groups is 1. The number of benzene rings is 2. The Kier molecular flexibility index (Phi) is 4.10. The summed E-state index contributed by atoms with van der Waals surface area (Å²) >= 11 is 0. The smallest absolute Gasteiger partial charge is 0.247 e. The number of nitrogens with zero attached hydrogens (tertiary/aromatic N) is 3. The van der Waals surface area contributed by atoms with Gasteiger partial charge in [0.15, 0.2) is 0 Å². The molecule has 4 heteroatoms. The predicted molar refractivity (Wildman–Crippen MR) is 97.1 cm³/mol. The van der Waals surface area contributed by atoms with E-state index in [0.29, 0.717) is 13.1 Å². The Bertz CT molecular complexity index is 858. The number of fused-ring (bicyclic) bond motifs is 1. The summed E-state index contributed by atoms with van der Waals surface area (Å²) in [6.45, 7) is 3.27. The fraction of sp³-hybridized carbons (Fsp3) is 0.238. The molecule has 1 amide bonds. The first kappa shape index (κ1) is 15.6. The molecule has 2 atom stereocenters. The molecule has 1 aromatic heterocycles. The zero-order valence-electron chi connectivity index (χ0n) is 14.2. The fourth-order valence-corrected chi connectivity index (χ4v) is 3.63. The molecule has 1 aliphatic rings. The predicted octanol–water partition coefficient (Wildman–Crippen LogP) is 3.62. The van der Waals surface area contributed by atoms with Crippen molar-refractivity contribution in [1.29, 1.82) is 0 Å². The van der Waals surface area contributed by atoms with E-state index in [0.717, 1.165) is 0 Å². The van der Waals surface area contributed by atoms with Gasteiger partial charge in [0.05, 0.1) is 0 Å². The van der Waals surface area contributed by atoms with E-state index in [9.17, 15) is 4.79 Å². The van der Waals surface area contributed by atoms with Gasteiger partial charge in [-0.15, -0.1) is 0 Å². The van der Waals surface area contributed by atoms with Crippen LogP contribution in [-0.4, -0.2) is 27.1 Å². The maximum atomic E-state index is 13.0. The van der Waals surface area contributed by atoms with E-state index in [4.69, 9.17) is 0 Å². The normalized spacial score (nSPS) is 17.8. The lowest BCUT2D eigenvalue weighted by molar-refractivity contribution is -0.135. The van der Waals surface area contributed by atoms with Gasteiger partial charge in [-0.3, -0.25) is 9.48 Å². The van der Waals surface area contributed by atoms with E-state index in [1.807, 2.05) is 36.2 Å². The van der Waals surface area contributed by atoms with Gasteiger partial charge in [-0.1, -0.05) is 54.6 Å². The second-order valence-corrected chi connectivity index (χ2v) is 6.54. The van der Waals surface area contributed by atoms with E-state index in [1.54, 1.807) is 10.9 Å². The Hall–Kier alpha value is -2.88. The Morgan fingerprint density at radius 1 is 1.08 bits per heavy atom. The minimum absolute atomic E-state index is 0.110. The molecule has 2 heterocycles. The molecule has 3 aromatic rings. The molecule has 0 bridgehead atoms. The number of rotatable bonds is 3. The van der Waals surface area contributed by atoms with Gasteiger partial charge >= 0.3 is 0 Å². The molecule has 2 aromatic carbocycles. The zero-order chi connectivity index (χ0) is 17.2. The summed E-state index contributed by atoms with van der Waals surface area (Å²) in [4.78, 5) is 15.0. The Balaban J connectivity index is 1.67. The molecule has 0 saturated heterocycles. The molecule has 4 nitrogen and oxygen atoms in total. The van der Waals surface area contributed by atoms with Gasteiger partial charge in [0.2, 0.25) is 5.91 Å². The van der Waals surface area contributed by atoms with E-state index in [-0.39, 0.29) is 17.9 Å². The number of hydrogen-bond donors (Lipinski definition) is 0. The van der Waals surface area contributed by atoms with Crippen molar-refractivity contribution in [2.24, 2.45) is 0 Å². The highest BCUT2D eigenvalue weighted by atomic mass is 16.2. The van der Waals surface area contributed by atoms with Crippen LogP contribution < -0.4 is 0 Å². The molecule has 0 radical (unpaired) electrons. The van der Waals surface area contributed by atoms with Crippen molar-refractivity contribution >= 4 is 5.91 Å². The van der Waals surface area contributed by atoms with Crippen LogP contribution >= 0.6 is 0 Å². The van der Waals surface area contributed by atoms with Gasteiger partial charge < -0.3 is 4.90 Å². The van der Waals surface area contributed by atoms with Crippen molar-refractivity contribution in [3.05, 3.63) is 89.7 Å². The fourth-order valence-electron chi connectivity index (χ4n) is 3.63.